The lowest BCUT2D eigenvalue weighted by Gasteiger charge is -2.43. The maximum absolute atomic E-state index is 12.9. The Kier molecular flexibility index (Phi) is 4.51. The number of hydrogen-bond acceptors (Lipinski definition) is 3. The molecule has 2 aliphatic heterocycles. The number of rotatable bonds is 6. The van der Waals surface area contributed by atoms with Crippen molar-refractivity contribution in [2.75, 3.05) is 18.6 Å². The normalized spacial score (nSPS) is 24.5. The molecule has 1 fully saturated rings. The third kappa shape index (κ3) is 2.90. The molecule has 0 bridgehead atoms. The molecule has 148 valence electrons. The fourth-order valence-corrected chi connectivity index (χ4v) is 5.25. The topological polar surface area (TPSA) is 41.6 Å². The van der Waals surface area contributed by atoms with Crippen LogP contribution in [0.15, 0.2) is 78.1 Å². The van der Waals surface area contributed by atoms with Crippen molar-refractivity contribution in [3.63, 3.8) is 0 Å². The van der Waals surface area contributed by atoms with Gasteiger partial charge >= 0.3 is 0 Å². The summed E-state index contributed by atoms with van der Waals surface area (Å²) in [6.07, 6.45) is 6.69. The highest BCUT2D eigenvalue weighted by Gasteiger charge is 2.55. The van der Waals surface area contributed by atoms with Crippen molar-refractivity contribution in [3.05, 3.63) is 89.2 Å². The highest BCUT2D eigenvalue weighted by Crippen LogP contribution is 2.55. The number of allylic oxidation sites excluding steroid dienone is 1. The molecule has 3 aliphatic rings. The molecule has 1 aliphatic carbocycles. The van der Waals surface area contributed by atoms with Crippen LogP contribution >= 0.6 is 0 Å². The second-order valence-corrected chi connectivity index (χ2v) is 8.11. The first-order chi connectivity index (χ1) is 14.2. The number of nitrogens with one attached hydrogen (secondary N) is 1. The van der Waals surface area contributed by atoms with Gasteiger partial charge in [-0.2, -0.15) is 0 Å². The summed E-state index contributed by atoms with van der Waals surface area (Å²) < 4.78 is 5.69. The minimum absolute atomic E-state index is 0.0681. The SMILES string of the molecule is COC1=CC2(CCNCc3ccccc3)c3ccccc3N3C(=O)CCC(=C1)C32. The van der Waals surface area contributed by atoms with Gasteiger partial charge in [0, 0.05) is 24.1 Å². The van der Waals surface area contributed by atoms with E-state index in [2.05, 4.69) is 59.9 Å². The standard InChI is InChI=1S/C25H26N2O2/c1-29-20-15-19-11-12-23(28)27-22-10-6-5-9-21(22)25(16-20,24(19)27)13-14-26-17-18-7-3-2-4-8-18/h2-10,15-16,24,26H,11-14,17H2,1H3. The Morgan fingerprint density at radius 3 is 2.72 bits per heavy atom. The maximum atomic E-state index is 12.9. The van der Waals surface area contributed by atoms with Crippen LogP contribution in [0.3, 0.4) is 0 Å². The highest BCUT2D eigenvalue weighted by molar-refractivity contribution is 6.00. The second-order valence-electron chi connectivity index (χ2n) is 8.11. The van der Waals surface area contributed by atoms with E-state index in [1.165, 1.54) is 16.7 Å². The molecule has 1 amide bonds. The van der Waals surface area contributed by atoms with E-state index in [0.717, 1.165) is 37.4 Å². The van der Waals surface area contributed by atoms with Gasteiger partial charge in [0.05, 0.1) is 13.2 Å². The molecule has 1 N–H and O–H groups in total. The van der Waals surface area contributed by atoms with Crippen LogP contribution < -0.4 is 10.2 Å². The van der Waals surface area contributed by atoms with Gasteiger partial charge in [0.2, 0.25) is 5.91 Å². The lowest BCUT2D eigenvalue weighted by molar-refractivity contribution is -0.119. The Morgan fingerprint density at radius 1 is 1.10 bits per heavy atom. The molecule has 2 heterocycles. The number of hydrogen-bond donors (Lipinski definition) is 1. The molecule has 0 aromatic heterocycles. The molecular formula is C25H26N2O2. The summed E-state index contributed by atoms with van der Waals surface area (Å²) >= 11 is 0. The van der Waals surface area contributed by atoms with Gasteiger partial charge in [0.1, 0.15) is 5.76 Å². The summed E-state index contributed by atoms with van der Waals surface area (Å²) in [7, 11) is 1.73. The van der Waals surface area contributed by atoms with Crippen molar-refractivity contribution in [2.24, 2.45) is 0 Å². The lowest BCUT2D eigenvalue weighted by atomic mass is 9.67. The number of nitrogens with zero attached hydrogens (tertiary/aromatic N) is 1. The van der Waals surface area contributed by atoms with E-state index in [1.54, 1.807) is 7.11 Å². The van der Waals surface area contributed by atoms with Crippen LogP contribution in [0.25, 0.3) is 0 Å². The molecule has 0 saturated carbocycles. The fraction of sp³-hybridized carbons (Fsp3) is 0.320. The van der Waals surface area contributed by atoms with Crippen LogP contribution in [0.4, 0.5) is 5.69 Å². The zero-order valence-corrected chi connectivity index (χ0v) is 16.7. The van der Waals surface area contributed by atoms with Crippen LogP contribution in [0.2, 0.25) is 0 Å². The first-order valence-electron chi connectivity index (χ1n) is 10.4. The van der Waals surface area contributed by atoms with E-state index in [4.69, 9.17) is 4.74 Å². The van der Waals surface area contributed by atoms with Gasteiger partial charge in [0.25, 0.3) is 0 Å². The number of fused-ring (bicyclic) bond motifs is 3. The van der Waals surface area contributed by atoms with E-state index in [1.807, 2.05) is 17.0 Å². The minimum Gasteiger partial charge on any atom is -0.497 e. The highest BCUT2D eigenvalue weighted by atomic mass is 16.5. The zero-order valence-electron chi connectivity index (χ0n) is 16.7. The van der Waals surface area contributed by atoms with Crippen molar-refractivity contribution < 1.29 is 9.53 Å². The van der Waals surface area contributed by atoms with E-state index in [9.17, 15) is 4.79 Å². The van der Waals surface area contributed by atoms with Crippen LogP contribution in [-0.4, -0.2) is 25.6 Å². The first-order valence-corrected chi connectivity index (χ1v) is 10.4. The average molecular weight is 386 g/mol. The monoisotopic (exact) mass is 386 g/mol. The molecule has 5 rings (SSSR count). The zero-order chi connectivity index (χ0) is 19.8. The Balaban J connectivity index is 1.49. The Morgan fingerprint density at radius 2 is 1.90 bits per heavy atom. The Bertz CT molecular complexity index is 995. The number of carbonyl (C=O) groups is 1. The number of anilines is 1. The summed E-state index contributed by atoms with van der Waals surface area (Å²) in [4.78, 5) is 15.0. The van der Waals surface area contributed by atoms with Crippen molar-refractivity contribution in [1.82, 2.24) is 5.32 Å². The molecule has 4 heteroatoms. The second kappa shape index (κ2) is 7.20. The van der Waals surface area contributed by atoms with Crippen molar-refractivity contribution >= 4 is 11.6 Å². The molecule has 2 unspecified atom stereocenters. The number of carbonyl (C=O) groups excluding carboxylic acids is 1. The molecule has 1 saturated heterocycles. The van der Waals surface area contributed by atoms with Crippen molar-refractivity contribution in [3.8, 4) is 0 Å². The van der Waals surface area contributed by atoms with Gasteiger partial charge in [-0.05, 0) is 54.3 Å². The van der Waals surface area contributed by atoms with E-state index < -0.39 is 0 Å². The summed E-state index contributed by atoms with van der Waals surface area (Å²) in [5.41, 5.74) is 4.64. The van der Waals surface area contributed by atoms with Crippen LogP contribution in [-0.2, 0) is 21.5 Å². The Hall–Kier alpha value is -2.85. The average Bonchev–Trinajstić information content (AvgIpc) is 3.06. The minimum atomic E-state index is -0.244. The van der Waals surface area contributed by atoms with Gasteiger partial charge < -0.3 is 15.0 Å². The molecule has 2 aromatic carbocycles. The number of amides is 1. The van der Waals surface area contributed by atoms with Gasteiger partial charge in [-0.3, -0.25) is 4.79 Å². The van der Waals surface area contributed by atoms with Crippen LogP contribution in [0.1, 0.15) is 30.4 Å². The predicted octanol–water partition coefficient (Wildman–Crippen LogP) is 4.08. The van der Waals surface area contributed by atoms with E-state index in [-0.39, 0.29) is 17.4 Å². The van der Waals surface area contributed by atoms with Gasteiger partial charge in [-0.1, -0.05) is 48.5 Å². The number of para-hydroxylation sites is 1. The number of ether oxygens (including phenoxy) is 1. The predicted molar refractivity (Wildman–Crippen MR) is 115 cm³/mol. The molecule has 2 atom stereocenters. The fourth-order valence-electron chi connectivity index (χ4n) is 5.25. The summed E-state index contributed by atoms with van der Waals surface area (Å²) in [6.45, 7) is 1.71. The third-order valence-electron chi connectivity index (χ3n) is 6.51. The molecule has 4 nitrogen and oxygen atoms in total. The molecular weight excluding hydrogens is 360 g/mol. The molecule has 0 spiro atoms. The summed E-state index contributed by atoms with van der Waals surface area (Å²) in [6, 6.07) is 18.9. The molecule has 0 radical (unpaired) electrons. The largest absolute Gasteiger partial charge is 0.497 e. The van der Waals surface area contributed by atoms with E-state index in [0.29, 0.717) is 6.42 Å². The number of benzene rings is 2. The van der Waals surface area contributed by atoms with Gasteiger partial charge in [-0.15, -0.1) is 0 Å². The maximum Gasteiger partial charge on any atom is 0.227 e. The quantitative estimate of drug-likeness (QED) is 0.761. The smallest absolute Gasteiger partial charge is 0.227 e. The Labute approximate surface area is 171 Å². The van der Waals surface area contributed by atoms with E-state index >= 15 is 0 Å². The van der Waals surface area contributed by atoms with Crippen molar-refractivity contribution in [2.45, 2.75) is 37.3 Å². The number of piperidine rings is 1. The van der Waals surface area contributed by atoms with Gasteiger partial charge in [-0.25, -0.2) is 0 Å². The van der Waals surface area contributed by atoms with Crippen molar-refractivity contribution in [1.29, 1.82) is 0 Å². The molecule has 29 heavy (non-hydrogen) atoms. The first kappa shape index (κ1) is 18.2. The summed E-state index contributed by atoms with van der Waals surface area (Å²) in [5.74, 6) is 1.14. The number of methoxy groups -OCH3 is 1. The summed E-state index contributed by atoms with van der Waals surface area (Å²) in [5, 5.41) is 3.60. The lowest BCUT2D eigenvalue weighted by Crippen LogP contribution is -2.52. The van der Waals surface area contributed by atoms with Crippen LogP contribution in [0.5, 0.6) is 0 Å². The third-order valence-corrected chi connectivity index (χ3v) is 6.51. The van der Waals surface area contributed by atoms with Crippen LogP contribution in [0, 0.1) is 0 Å². The molecule has 2 aromatic rings. The van der Waals surface area contributed by atoms with Gasteiger partial charge in [0.15, 0.2) is 0 Å².